The number of benzene rings is 1. The van der Waals surface area contributed by atoms with E-state index in [9.17, 15) is 4.79 Å². The van der Waals surface area contributed by atoms with Crippen molar-refractivity contribution in [3.63, 3.8) is 0 Å². The number of rotatable bonds is 5. The molecule has 2 heterocycles. The second kappa shape index (κ2) is 6.95. The first-order chi connectivity index (χ1) is 11.5. The number of hydrogen-bond donors (Lipinski definition) is 0. The smallest absolute Gasteiger partial charge is 0.222 e. The van der Waals surface area contributed by atoms with E-state index >= 15 is 0 Å². The van der Waals surface area contributed by atoms with Crippen LogP contribution in [0.3, 0.4) is 0 Å². The van der Waals surface area contributed by atoms with E-state index in [-0.39, 0.29) is 5.91 Å². The lowest BCUT2D eigenvalue weighted by Crippen LogP contribution is -2.26. The summed E-state index contributed by atoms with van der Waals surface area (Å²) in [5.74, 6) is 2.38. The highest BCUT2D eigenvalue weighted by Gasteiger charge is 2.16. The minimum Gasteiger partial charge on any atom is -0.486 e. The molecule has 0 aliphatic carbocycles. The molecule has 128 valence electrons. The molecule has 0 atom stereocenters. The van der Waals surface area contributed by atoms with Gasteiger partial charge in [0.05, 0.1) is 5.69 Å². The van der Waals surface area contributed by atoms with Gasteiger partial charge in [0.25, 0.3) is 0 Å². The van der Waals surface area contributed by atoms with Crippen molar-refractivity contribution in [2.24, 2.45) is 0 Å². The van der Waals surface area contributed by atoms with Crippen molar-refractivity contribution in [1.82, 2.24) is 10.1 Å². The van der Waals surface area contributed by atoms with Crippen molar-refractivity contribution in [1.29, 1.82) is 0 Å². The molecule has 6 heteroatoms. The van der Waals surface area contributed by atoms with Gasteiger partial charge in [-0.1, -0.05) is 11.2 Å². The normalized spacial score (nSPS) is 13.0. The molecule has 0 bridgehead atoms. The van der Waals surface area contributed by atoms with Gasteiger partial charge in [-0.2, -0.15) is 0 Å². The molecule has 6 nitrogen and oxygen atoms in total. The maximum atomic E-state index is 12.4. The number of carbonyl (C=O) groups is 1. The summed E-state index contributed by atoms with van der Waals surface area (Å²) >= 11 is 0. The largest absolute Gasteiger partial charge is 0.486 e. The zero-order valence-corrected chi connectivity index (χ0v) is 14.3. The van der Waals surface area contributed by atoms with E-state index in [1.54, 1.807) is 4.90 Å². The number of aryl methyl sites for hydroxylation is 2. The lowest BCUT2D eigenvalue weighted by Gasteiger charge is -2.21. The lowest BCUT2D eigenvalue weighted by molar-refractivity contribution is -0.130. The van der Waals surface area contributed by atoms with Crippen molar-refractivity contribution < 1.29 is 18.8 Å². The van der Waals surface area contributed by atoms with Crippen molar-refractivity contribution in [3.05, 3.63) is 40.8 Å². The average Bonchev–Trinajstić information content (AvgIpc) is 2.90. The van der Waals surface area contributed by atoms with E-state index in [0.717, 1.165) is 34.1 Å². The molecule has 0 saturated carbocycles. The van der Waals surface area contributed by atoms with Gasteiger partial charge >= 0.3 is 0 Å². The molecule has 0 fully saturated rings. The maximum absolute atomic E-state index is 12.4. The molecule has 0 radical (unpaired) electrons. The third-order valence-electron chi connectivity index (χ3n) is 4.22. The molecule has 3 rings (SSSR count). The van der Waals surface area contributed by atoms with E-state index in [1.807, 2.05) is 39.1 Å². The molecule has 0 saturated heterocycles. The topological polar surface area (TPSA) is 64.8 Å². The highest BCUT2D eigenvalue weighted by molar-refractivity contribution is 5.76. The number of amides is 1. The van der Waals surface area contributed by atoms with Crippen molar-refractivity contribution >= 4 is 5.91 Å². The Bertz CT molecular complexity index is 719. The fraction of sp³-hybridized carbons (Fsp3) is 0.444. The minimum atomic E-state index is 0.0879. The Morgan fingerprint density at radius 3 is 2.67 bits per heavy atom. The fourth-order valence-corrected chi connectivity index (χ4v) is 2.83. The number of aromatic nitrogens is 1. The van der Waals surface area contributed by atoms with Crippen LogP contribution in [0.4, 0.5) is 0 Å². The Kier molecular flexibility index (Phi) is 4.74. The first-order valence-electron chi connectivity index (χ1n) is 8.09. The van der Waals surface area contributed by atoms with Crippen LogP contribution < -0.4 is 9.47 Å². The molecule has 0 spiro atoms. The van der Waals surface area contributed by atoms with E-state index < -0.39 is 0 Å². The molecule has 0 N–H and O–H groups in total. The predicted molar refractivity (Wildman–Crippen MR) is 88.2 cm³/mol. The predicted octanol–water partition coefficient (Wildman–Crippen LogP) is 2.65. The second-order valence-electron chi connectivity index (χ2n) is 6.03. The van der Waals surface area contributed by atoms with E-state index in [1.165, 1.54) is 0 Å². The number of hydrogen-bond acceptors (Lipinski definition) is 5. The maximum Gasteiger partial charge on any atom is 0.222 e. The third kappa shape index (κ3) is 3.53. The first-order valence-corrected chi connectivity index (χ1v) is 8.09. The number of ether oxygens (including phenoxy) is 2. The molecular formula is C18H22N2O4. The Labute approximate surface area is 141 Å². The lowest BCUT2D eigenvalue weighted by atomic mass is 10.1. The van der Waals surface area contributed by atoms with Gasteiger partial charge in [0.1, 0.15) is 19.0 Å². The SMILES string of the molecule is Cc1noc(C)c1CCC(=O)N(C)Cc1ccc2c(c1)OCCO2. The molecule has 1 aromatic carbocycles. The van der Waals surface area contributed by atoms with E-state index in [0.29, 0.717) is 32.6 Å². The standard InChI is InChI=1S/C18H22N2O4/c1-12-15(13(2)24-19-12)5-7-18(21)20(3)11-14-4-6-16-17(10-14)23-9-8-22-16/h4,6,10H,5,7-9,11H2,1-3H3. The van der Waals surface area contributed by atoms with Crippen LogP contribution >= 0.6 is 0 Å². The van der Waals surface area contributed by atoms with Gasteiger partial charge in [0.2, 0.25) is 5.91 Å². The number of nitrogens with zero attached hydrogens (tertiary/aromatic N) is 2. The molecule has 1 aliphatic heterocycles. The summed E-state index contributed by atoms with van der Waals surface area (Å²) in [4.78, 5) is 14.1. The first kappa shape index (κ1) is 16.4. The Balaban J connectivity index is 1.58. The Morgan fingerprint density at radius 2 is 1.96 bits per heavy atom. The molecule has 2 aromatic rings. The number of fused-ring (bicyclic) bond motifs is 1. The number of carbonyl (C=O) groups excluding carboxylic acids is 1. The van der Waals surface area contributed by atoms with Gasteiger partial charge in [-0.3, -0.25) is 4.79 Å². The highest BCUT2D eigenvalue weighted by Crippen LogP contribution is 2.31. The quantitative estimate of drug-likeness (QED) is 0.843. The van der Waals surface area contributed by atoms with Crippen LogP contribution in [0.25, 0.3) is 0 Å². The summed E-state index contributed by atoms with van der Waals surface area (Å²) in [6.07, 6.45) is 1.08. The van der Waals surface area contributed by atoms with E-state index in [2.05, 4.69) is 5.16 Å². The van der Waals surface area contributed by atoms with Gasteiger partial charge < -0.3 is 18.9 Å². The average molecular weight is 330 g/mol. The van der Waals surface area contributed by atoms with Crippen LogP contribution in [0.1, 0.15) is 29.0 Å². The molecule has 24 heavy (non-hydrogen) atoms. The zero-order valence-electron chi connectivity index (χ0n) is 14.3. The van der Waals surface area contributed by atoms with Gasteiger partial charge in [0.15, 0.2) is 11.5 Å². The molecule has 1 aliphatic rings. The van der Waals surface area contributed by atoms with Crippen LogP contribution in [0, 0.1) is 13.8 Å². The Hall–Kier alpha value is -2.50. The highest BCUT2D eigenvalue weighted by atomic mass is 16.6. The molecule has 1 amide bonds. The summed E-state index contributed by atoms with van der Waals surface area (Å²) in [6.45, 7) is 5.44. The molecule has 0 unspecified atom stereocenters. The van der Waals surface area contributed by atoms with E-state index in [4.69, 9.17) is 14.0 Å². The third-order valence-corrected chi connectivity index (χ3v) is 4.22. The minimum absolute atomic E-state index is 0.0879. The molecule has 1 aromatic heterocycles. The van der Waals surface area contributed by atoms with Crippen LogP contribution in [0.5, 0.6) is 11.5 Å². The van der Waals surface area contributed by atoms with Crippen LogP contribution in [0.2, 0.25) is 0 Å². The summed E-state index contributed by atoms with van der Waals surface area (Å²) in [5, 5.41) is 3.92. The monoisotopic (exact) mass is 330 g/mol. The van der Waals surface area contributed by atoms with Crippen molar-refractivity contribution in [2.75, 3.05) is 20.3 Å². The fourth-order valence-electron chi connectivity index (χ4n) is 2.83. The van der Waals surface area contributed by atoms with Gasteiger partial charge in [-0.05, 0) is 38.0 Å². The van der Waals surface area contributed by atoms with Crippen molar-refractivity contribution in [3.8, 4) is 11.5 Å². The summed E-state index contributed by atoms with van der Waals surface area (Å²) in [5.41, 5.74) is 2.90. The summed E-state index contributed by atoms with van der Waals surface area (Å²) < 4.78 is 16.2. The van der Waals surface area contributed by atoms with Crippen LogP contribution in [-0.4, -0.2) is 36.2 Å². The molecular weight excluding hydrogens is 308 g/mol. The van der Waals surface area contributed by atoms with Crippen LogP contribution in [-0.2, 0) is 17.8 Å². The van der Waals surface area contributed by atoms with Gasteiger partial charge in [-0.15, -0.1) is 0 Å². The second-order valence-corrected chi connectivity index (χ2v) is 6.03. The summed E-state index contributed by atoms with van der Waals surface area (Å²) in [6, 6.07) is 5.80. The Morgan fingerprint density at radius 1 is 1.21 bits per heavy atom. The van der Waals surface area contributed by atoms with Crippen molar-refractivity contribution in [2.45, 2.75) is 33.2 Å². The summed E-state index contributed by atoms with van der Waals surface area (Å²) in [7, 11) is 1.81. The van der Waals surface area contributed by atoms with Gasteiger partial charge in [-0.25, -0.2) is 0 Å². The zero-order chi connectivity index (χ0) is 17.1. The van der Waals surface area contributed by atoms with Crippen LogP contribution in [0.15, 0.2) is 22.7 Å². The van der Waals surface area contributed by atoms with Gasteiger partial charge in [0, 0.05) is 25.6 Å².